The van der Waals surface area contributed by atoms with E-state index >= 15 is 0 Å². The minimum Gasteiger partial charge on any atom is -0.464 e. The van der Waals surface area contributed by atoms with Gasteiger partial charge in [0, 0.05) is 0 Å². The molecule has 0 aromatic rings. The van der Waals surface area contributed by atoms with Gasteiger partial charge in [0.25, 0.3) is 0 Å². The van der Waals surface area contributed by atoms with Gasteiger partial charge in [-0.05, 0) is 45.7 Å². The number of carbonyl (C=O) groups is 1. The summed E-state index contributed by atoms with van der Waals surface area (Å²) in [5.74, 6) is -0.316. The molecule has 5 heteroatoms. The van der Waals surface area contributed by atoms with E-state index in [1.165, 1.54) is 0 Å². The first kappa shape index (κ1) is 19.6. The lowest BCUT2D eigenvalue weighted by molar-refractivity contribution is -0.152. The molecule has 0 radical (unpaired) electrons. The molecule has 0 spiro atoms. The van der Waals surface area contributed by atoms with Crippen molar-refractivity contribution in [3.63, 3.8) is 0 Å². The molecule has 0 rings (SSSR count). The number of esters is 1. The summed E-state index contributed by atoms with van der Waals surface area (Å²) in [5, 5.41) is 0. The second-order valence-electron chi connectivity index (χ2n) is 6.76. The molecule has 0 unspecified atom stereocenters. The molecule has 0 aliphatic heterocycles. The molecule has 20 heavy (non-hydrogen) atoms. The molecular formula is C15H32O4Si. The molecule has 0 saturated heterocycles. The Labute approximate surface area is 125 Å². The summed E-state index contributed by atoms with van der Waals surface area (Å²) in [6.07, 6.45) is -0.589. The van der Waals surface area contributed by atoms with Gasteiger partial charge in [-0.1, -0.05) is 27.7 Å². The Kier molecular flexibility index (Phi) is 7.42. The lowest BCUT2D eigenvalue weighted by Crippen LogP contribution is -2.55. The summed E-state index contributed by atoms with van der Waals surface area (Å²) in [6, 6.07) is 0. The summed E-state index contributed by atoms with van der Waals surface area (Å²) < 4.78 is 17.6. The fourth-order valence-corrected chi connectivity index (χ4v) is 6.26. The van der Waals surface area contributed by atoms with Crippen LogP contribution in [0, 0.1) is 0 Å². The summed E-state index contributed by atoms with van der Waals surface area (Å²) in [7, 11) is -2.54. The third-order valence-electron chi connectivity index (χ3n) is 3.05. The number of hydrogen-bond acceptors (Lipinski definition) is 4. The molecule has 120 valence electrons. The average molecular weight is 305 g/mol. The number of rotatable bonds is 7. The minimum absolute atomic E-state index is 0.249. The Balaban J connectivity index is 5.26. The minimum atomic E-state index is -2.54. The van der Waals surface area contributed by atoms with E-state index in [4.69, 9.17) is 13.6 Å². The van der Waals surface area contributed by atoms with E-state index in [1.807, 2.05) is 20.8 Å². The first-order valence-corrected chi connectivity index (χ1v) is 9.48. The average Bonchev–Trinajstić information content (AvgIpc) is 2.25. The smallest absolute Gasteiger partial charge is 0.344 e. The molecule has 0 aromatic heterocycles. The number of ether oxygens (including phenoxy) is 1. The number of carbonyl (C=O) groups excluding carboxylic acids is 1. The van der Waals surface area contributed by atoms with Crippen LogP contribution in [0.4, 0.5) is 0 Å². The van der Waals surface area contributed by atoms with Crippen molar-refractivity contribution in [3.05, 3.63) is 0 Å². The zero-order valence-corrected chi connectivity index (χ0v) is 15.6. The topological polar surface area (TPSA) is 44.8 Å². The van der Waals surface area contributed by atoms with Crippen LogP contribution in [0.3, 0.4) is 0 Å². The Morgan fingerprint density at radius 2 is 1.50 bits per heavy atom. The highest BCUT2D eigenvalue weighted by molar-refractivity contribution is 6.70. The zero-order chi connectivity index (χ0) is 16.1. The van der Waals surface area contributed by atoms with E-state index in [1.54, 1.807) is 13.8 Å². The summed E-state index contributed by atoms with van der Waals surface area (Å²) >= 11 is 0. The molecule has 0 aromatic carbocycles. The normalized spacial score (nSPS) is 14.8. The van der Waals surface area contributed by atoms with Crippen LogP contribution in [-0.4, -0.2) is 32.8 Å². The lowest BCUT2D eigenvalue weighted by atomic mass is 10.2. The molecule has 4 nitrogen and oxygen atoms in total. The van der Waals surface area contributed by atoms with Gasteiger partial charge in [0.2, 0.25) is 0 Å². The predicted octanol–water partition coefficient (Wildman–Crippen LogP) is 4.03. The molecule has 0 aliphatic carbocycles. The van der Waals surface area contributed by atoms with Gasteiger partial charge in [0.05, 0.1) is 12.2 Å². The van der Waals surface area contributed by atoms with Crippen molar-refractivity contribution in [1.82, 2.24) is 0 Å². The van der Waals surface area contributed by atoms with Gasteiger partial charge in [0.1, 0.15) is 6.10 Å². The molecule has 0 amide bonds. The van der Waals surface area contributed by atoms with Crippen LogP contribution >= 0.6 is 0 Å². The highest BCUT2D eigenvalue weighted by Crippen LogP contribution is 2.38. The maximum atomic E-state index is 11.9. The SMILES string of the molecule is CCOC(=O)[C@H](C)O[Si](OC(C)(C)C)(C(C)C)C(C)C. The third kappa shape index (κ3) is 5.54. The molecule has 0 bridgehead atoms. The maximum absolute atomic E-state index is 11.9. The van der Waals surface area contributed by atoms with Crippen molar-refractivity contribution >= 4 is 14.5 Å². The van der Waals surface area contributed by atoms with Gasteiger partial charge in [-0.3, -0.25) is 0 Å². The quantitative estimate of drug-likeness (QED) is 0.526. The van der Waals surface area contributed by atoms with E-state index in [0.29, 0.717) is 6.61 Å². The van der Waals surface area contributed by atoms with E-state index in [-0.39, 0.29) is 22.7 Å². The number of hydrogen-bond donors (Lipinski definition) is 0. The van der Waals surface area contributed by atoms with Gasteiger partial charge < -0.3 is 13.6 Å². The van der Waals surface area contributed by atoms with Crippen molar-refractivity contribution in [1.29, 1.82) is 0 Å². The standard InChI is InChI=1S/C15H32O4Si/c1-10-17-14(16)13(6)18-20(11(2)3,12(4)5)19-15(7,8)9/h11-13H,10H2,1-9H3/t13-/m0/s1. The molecule has 0 heterocycles. The Hall–Kier alpha value is -0.393. The van der Waals surface area contributed by atoms with Crippen LogP contribution in [0.25, 0.3) is 0 Å². The molecule has 0 aliphatic rings. The van der Waals surface area contributed by atoms with Crippen LogP contribution < -0.4 is 0 Å². The highest BCUT2D eigenvalue weighted by atomic mass is 28.4. The second-order valence-corrected chi connectivity index (χ2v) is 10.9. The predicted molar refractivity (Wildman–Crippen MR) is 84.0 cm³/mol. The van der Waals surface area contributed by atoms with Gasteiger partial charge in [-0.25, -0.2) is 4.79 Å². The molecule has 0 fully saturated rings. The van der Waals surface area contributed by atoms with E-state index in [9.17, 15) is 4.79 Å². The summed E-state index contributed by atoms with van der Waals surface area (Å²) in [5.41, 5.74) is 0.201. The van der Waals surface area contributed by atoms with Crippen LogP contribution in [0.2, 0.25) is 11.1 Å². The largest absolute Gasteiger partial charge is 0.464 e. The summed E-state index contributed by atoms with van der Waals surface area (Å²) in [4.78, 5) is 11.9. The van der Waals surface area contributed by atoms with Crippen molar-refractivity contribution < 1.29 is 18.4 Å². The first-order chi connectivity index (χ1) is 8.96. The Morgan fingerprint density at radius 3 is 1.80 bits per heavy atom. The fourth-order valence-electron chi connectivity index (χ4n) is 2.26. The molecule has 0 N–H and O–H groups in total. The van der Waals surface area contributed by atoms with E-state index < -0.39 is 14.7 Å². The van der Waals surface area contributed by atoms with E-state index in [2.05, 4.69) is 27.7 Å². The maximum Gasteiger partial charge on any atom is 0.344 e. The second kappa shape index (κ2) is 7.57. The van der Waals surface area contributed by atoms with Crippen molar-refractivity contribution in [2.75, 3.05) is 6.61 Å². The Bertz CT molecular complexity index is 299. The first-order valence-electron chi connectivity index (χ1n) is 7.50. The summed E-state index contributed by atoms with van der Waals surface area (Å²) in [6.45, 7) is 18.4. The van der Waals surface area contributed by atoms with Gasteiger partial charge in [-0.15, -0.1) is 0 Å². The van der Waals surface area contributed by atoms with Crippen LogP contribution in [0.1, 0.15) is 62.3 Å². The van der Waals surface area contributed by atoms with Gasteiger partial charge in [0.15, 0.2) is 0 Å². The van der Waals surface area contributed by atoms with E-state index in [0.717, 1.165) is 0 Å². The van der Waals surface area contributed by atoms with Crippen molar-refractivity contribution in [2.24, 2.45) is 0 Å². The lowest BCUT2D eigenvalue weighted by Gasteiger charge is -2.43. The fraction of sp³-hybridized carbons (Fsp3) is 0.933. The molecule has 0 saturated carbocycles. The van der Waals surface area contributed by atoms with Crippen molar-refractivity contribution in [3.8, 4) is 0 Å². The third-order valence-corrected chi connectivity index (χ3v) is 7.93. The van der Waals surface area contributed by atoms with Crippen molar-refractivity contribution in [2.45, 2.75) is 85.1 Å². The highest BCUT2D eigenvalue weighted by Gasteiger charge is 2.49. The molecular weight excluding hydrogens is 272 g/mol. The van der Waals surface area contributed by atoms with Crippen LogP contribution in [-0.2, 0) is 18.4 Å². The van der Waals surface area contributed by atoms with Gasteiger partial charge in [-0.2, -0.15) is 0 Å². The van der Waals surface area contributed by atoms with Crippen LogP contribution in [0.15, 0.2) is 0 Å². The monoisotopic (exact) mass is 304 g/mol. The zero-order valence-electron chi connectivity index (χ0n) is 14.6. The molecule has 1 atom stereocenters. The van der Waals surface area contributed by atoms with Crippen LogP contribution in [0.5, 0.6) is 0 Å². The van der Waals surface area contributed by atoms with Gasteiger partial charge >= 0.3 is 14.5 Å². The Morgan fingerprint density at radius 1 is 1.05 bits per heavy atom.